The van der Waals surface area contributed by atoms with Crippen LogP contribution >= 0.6 is 7.60 Å². The zero-order valence-electron chi connectivity index (χ0n) is 12.9. The minimum Gasteiger partial charge on any atom is -0.496 e. The van der Waals surface area contributed by atoms with Crippen LogP contribution < -0.4 is 4.74 Å². The van der Waals surface area contributed by atoms with Crippen molar-refractivity contribution in [1.82, 2.24) is 0 Å². The Bertz CT molecular complexity index is 605. The maximum absolute atomic E-state index is 12.2. The first-order valence-electron chi connectivity index (χ1n) is 6.73. The van der Waals surface area contributed by atoms with Gasteiger partial charge >= 0.3 is 7.60 Å². The summed E-state index contributed by atoms with van der Waals surface area (Å²) in [5.74, 6) is 0.0439. The minimum atomic E-state index is -3.95. The van der Waals surface area contributed by atoms with Crippen LogP contribution in [0.3, 0.4) is 0 Å². The highest BCUT2D eigenvalue weighted by Gasteiger charge is 2.28. The lowest BCUT2D eigenvalue weighted by Crippen LogP contribution is -2.12. The highest BCUT2D eigenvalue weighted by Crippen LogP contribution is 2.48. The van der Waals surface area contributed by atoms with Crippen LogP contribution in [-0.2, 0) is 33.7 Å². The maximum atomic E-state index is 12.2. The van der Waals surface area contributed by atoms with Crippen LogP contribution in [0.5, 0.6) is 5.75 Å². The van der Waals surface area contributed by atoms with Crippen LogP contribution in [0.1, 0.15) is 19.4 Å². The summed E-state index contributed by atoms with van der Waals surface area (Å²) in [6.45, 7) is 3.53. The summed E-state index contributed by atoms with van der Waals surface area (Å²) in [5, 5.41) is 0. The molecule has 0 heterocycles. The van der Waals surface area contributed by atoms with Crippen LogP contribution in [0.2, 0.25) is 0 Å². The van der Waals surface area contributed by atoms with Crippen molar-refractivity contribution in [3.05, 3.63) is 29.8 Å². The summed E-state index contributed by atoms with van der Waals surface area (Å²) in [7, 11) is -6.07. The summed E-state index contributed by atoms with van der Waals surface area (Å²) in [6.07, 6.45) is -0.647. The summed E-state index contributed by atoms with van der Waals surface area (Å²) in [5.41, 5.74) is 0.452. The molecule has 0 spiro atoms. The van der Waals surface area contributed by atoms with Gasteiger partial charge in [0.05, 0.1) is 20.3 Å². The van der Waals surface area contributed by atoms with E-state index in [1.807, 2.05) is 0 Å². The van der Waals surface area contributed by atoms with Gasteiger partial charge in [0.15, 0.2) is 6.35 Å². The lowest BCUT2D eigenvalue weighted by molar-refractivity contribution is 0.198. The van der Waals surface area contributed by atoms with Crippen molar-refractivity contribution < 1.29 is 31.0 Å². The molecule has 0 radical (unpaired) electrons. The Kier molecular flexibility index (Phi) is 7.52. The zero-order chi connectivity index (χ0) is 16.6. The third-order valence-electron chi connectivity index (χ3n) is 2.57. The molecule has 9 heteroatoms. The monoisotopic (exact) mass is 352 g/mol. The Morgan fingerprint density at radius 3 is 2.23 bits per heavy atom. The van der Waals surface area contributed by atoms with Gasteiger partial charge in [0.1, 0.15) is 11.5 Å². The Labute approximate surface area is 131 Å². The van der Waals surface area contributed by atoms with Crippen LogP contribution in [0.25, 0.3) is 0 Å². The molecule has 0 fully saturated rings. The van der Waals surface area contributed by atoms with E-state index in [0.29, 0.717) is 11.3 Å². The van der Waals surface area contributed by atoms with Gasteiger partial charge in [0.2, 0.25) is 0 Å². The van der Waals surface area contributed by atoms with Crippen LogP contribution in [0.4, 0.5) is 0 Å². The first-order valence-corrected chi connectivity index (χ1v) is 10.0. The third kappa shape index (κ3) is 6.06. The molecule has 0 saturated heterocycles. The predicted molar refractivity (Wildman–Crippen MR) is 82.4 cm³/mol. The summed E-state index contributed by atoms with van der Waals surface area (Å²) < 4.78 is 56.1. The van der Waals surface area contributed by atoms with Gasteiger partial charge in [-0.2, -0.15) is 8.42 Å². The van der Waals surface area contributed by atoms with Gasteiger partial charge in [-0.1, -0.05) is 18.2 Å². The van der Waals surface area contributed by atoms with Gasteiger partial charge in [0, 0.05) is 5.56 Å². The van der Waals surface area contributed by atoms with Crippen molar-refractivity contribution in [3.63, 3.8) is 0 Å². The average Bonchev–Trinajstić information content (AvgIpc) is 2.46. The Balaban J connectivity index is 2.77. The lowest BCUT2D eigenvalue weighted by atomic mass is 10.2. The number of methoxy groups -OCH3 is 1. The van der Waals surface area contributed by atoms with E-state index < -0.39 is 29.8 Å². The molecule has 0 aliphatic rings. The molecule has 0 saturated carbocycles. The predicted octanol–water partition coefficient (Wildman–Crippen LogP) is 2.77. The van der Waals surface area contributed by atoms with Crippen LogP contribution in [-0.4, -0.2) is 35.1 Å². The molecule has 0 unspecified atom stereocenters. The molecule has 0 bridgehead atoms. The molecular formula is C13H21O7PS. The SMILES string of the molecule is CCOP(=O)(COS(=O)(=O)Cc1ccccc1OC)OCC. The van der Waals surface area contributed by atoms with Crippen LogP contribution in [0.15, 0.2) is 24.3 Å². The Morgan fingerprint density at radius 2 is 1.68 bits per heavy atom. The van der Waals surface area contributed by atoms with Gasteiger partial charge in [-0.3, -0.25) is 8.75 Å². The Morgan fingerprint density at radius 1 is 1.09 bits per heavy atom. The molecule has 1 rings (SSSR count). The smallest absolute Gasteiger partial charge is 0.357 e. The number of para-hydroxylation sites is 1. The van der Waals surface area contributed by atoms with Gasteiger partial charge in [-0.25, -0.2) is 0 Å². The molecule has 0 amide bonds. The molecule has 1 aromatic carbocycles. The van der Waals surface area contributed by atoms with Crippen LogP contribution in [0, 0.1) is 0 Å². The van der Waals surface area contributed by atoms with Crippen molar-refractivity contribution in [1.29, 1.82) is 0 Å². The van der Waals surface area contributed by atoms with Gasteiger partial charge in [0.25, 0.3) is 10.1 Å². The average molecular weight is 352 g/mol. The van der Waals surface area contributed by atoms with E-state index in [9.17, 15) is 13.0 Å². The molecule has 0 aliphatic carbocycles. The Hall–Kier alpha value is -0.920. The summed E-state index contributed by atoms with van der Waals surface area (Å²) in [4.78, 5) is 0. The fourth-order valence-electron chi connectivity index (χ4n) is 1.70. The number of benzene rings is 1. The van der Waals surface area contributed by atoms with E-state index in [2.05, 4.69) is 0 Å². The number of hydrogen-bond acceptors (Lipinski definition) is 7. The molecule has 126 valence electrons. The number of ether oxygens (including phenoxy) is 1. The quantitative estimate of drug-likeness (QED) is 0.472. The zero-order valence-corrected chi connectivity index (χ0v) is 14.6. The van der Waals surface area contributed by atoms with E-state index >= 15 is 0 Å². The highest BCUT2D eigenvalue weighted by atomic mass is 32.2. The van der Waals surface area contributed by atoms with E-state index in [1.165, 1.54) is 7.11 Å². The topological polar surface area (TPSA) is 88.1 Å². The molecule has 0 N–H and O–H groups in total. The van der Waals surface area contributed by atoms with E-state index in [4.69, 9.17) is 18.0 Å². The second-order valence-electron chi connectivity index (χ2n) is 4.21. The standard InChI is InChI=1S/C13H21O7PS/c1-4-18-21(14,19-5-2)11-20-22(15,16)10-12-8-6-7-9-13(12)17-3/h6-9H,4-5,10-11H2,1-3H3. The lowest BCUT2D eigenvalue weighted by Gasteiger charge is -2.17. The van der Waals surface area contributed by atoms with Crippen molar-refractivity contribution in [2.45, 2.75) is 19.6 Å². The van der Waals surface area contributed by atoms with Gasteiger partial charge in [-0.05, 0) is 19.9 Å². The van der Waals surface area contributed by atoms with E-state index in [-0.39, 0.29) is 13.2 Å². The van der Waals surface area contributed by atoms with Crippen molar-refractivity contribution in [3.8, 4) is 5.75 Å². The number of rotatable bonds is 10. The van der Waals surface area contributed by atoms with E-state index in [0.717, 1.165) is 0 Å². The van der Waals surface area contributed by atoms with Crippen molar-refractivity contribution >= 4 is 17.7 Å². The highest BCUT2D eigenvalue weighted by molar-refractivity contribution is 7.86. The first-order chi connectivity index (χ1) is 10.4. The van der Waals surface area contributed by atoms with Crippen molar-refractivity contribution in [2.24, 2.45) is 0 Å². The van der Waals surface area contributed by atoms with Crippen molar-refractivity contribution in [2.75, 3.05) is 26.7 Å². The van der Waals surface area contributed by atoms with Gasteiger partial charge < -0.3 is 13.8 Å². The van der Waals surface area contributed by atoms with Gasteiger partial charge in [-0.15, -0.1) is 0 Å². The summed E-state index contributed by atoms with van der Waals surface area (Å²) in [6, 6.07) is 6.69. The second-order valence-corrected chi connectivity index (χ2v) is 7.84. The second kappa shape index (κ2) is 8.64. The molecule has 0 aromatic heterocycles. The molecule has 7 nitrogen and oxygen atoms in total. The molecule has 22 heavy (non-hydrogen) atoms. The van der Waals surface area contributed by atoms with E-state index in [1.54, 1.807) is 38.1 Å². The number of hydrogen-bond donors (Lipinski definition) is 0. The fraction of sp³-hybridized carbons (Fsp3) is 0.538. The minimum absolute atomic E-state index is 0.132. The molecule has 0 aliphatic heterocycles. The summed E-state index contributed by atoms with van der Waals surface area (Å²) >= 11 is 0. The maximum Gasteiger partial charge on any atom is 0.357 e. The largest absolute Gasteiger partial charge is 0.496 e. The fourth-order valence-corrected chi connectivity index (χ4v) is 4.58. The molecular weight excluding hydrogens is 331 g/mol. The first kappa shape index (κ1) is 19.1. The molecule has 0 atom stereocenters. The third-order valence-corrected chi connectivity index (χ3v) is 5.63. The molecule has 1 aromatic rings. The normalized spacial score (nSPS) is 12.3.